The molecule has 0 aliphatic heterocycles. The van der Waals surface area contributed by atoms with Gasteiger partial charge in [0.2, 0.25) is 0 Å². The van der Waals surface area contributed by atoms with Crippen molar-refractivity contribution in [3.63, 3.8) is 0 Å². The lowest BCUT2D eigenvalue weighted by molar-refractivity contribution is -0.132. The van der Waals surface area contributed by atoms with Crippen LogP contribution in [-0.2, 0) is 11.3 Å². The van der Waals surface area contributed by atoms with Crippen LogP contribution in [0.25, 0.3) is 0 Å². The summed E-state index contributed by atoms with van der Waals surface area (Å²) in [4.78, 5) is 13.9. The molecule has 2 aromatic carbocycles. The predicted octanol–water partition coefficient (Wildman–Crippen LogP) is 4.00. The van der Waals surface area contributed by atoms with E-state index in [0.29, 0.717) is 23.1 Å². The molecule has 0 fully saturated rings. The molecule has 0 aliphatic rings. The average molecular weight is 348 g/mol. The second-order valence-corrected chi connectivity index (χ2v) is 6.18. The SMILES string of the molecule is COc1ccc(Cl)cc1CN(C)C(=O)COc1ccc(C)c(C)c1. The molecule has 0 atom stereocenters. The lowest BCUT2D eigenvalue weighted by Crippen LogP contribution is -2.31. The summed E-state index contributed by atoms with van der Waals surface area (Å²) < 4.78 is 10.9. The van der Waals surface area contributed by atoms with E-state index in [1.807, 2.05) is 32.0 Å². The molecule has 2 aromatic rings. The number of likely N-dealkylation sites (N-methyl/N-ethyl adjacent to an activating group) is 1. The second-order valence-electron chi connectivity index (χ2n) is 5.74. The highest BCUT2D eigenvalue weighted by Crippen LogP contribution is 2.24. The monoisotopic (exact) mass is 347 g/mol. The first-order valence-electron chi connectivity index (χ1n) is 7.67. The Morgan fingerprint density at radius 3 is 2.54 bits per heavy atom. The second kappa shape index (κ2) is 8.06. The van der Waals surface area contributed by atoms with Crippen LogP contribution >= 0.6 is 11.6 Å². The van der Waals surface area contributed by atoms with Crippen molar-refractivity contribution in [2.45, 2.75) is 20.4 Å². The summed E-state index contributed by atoms with van der Waals surface area (Å²) in [6, 6.07) is 11.1. The van der Waals surface area contributed by atoms with Crippen molar-refractivity contribution in [1.82, 2.24) is 4.90 Å². The molecule has 0 unspecified atom stereocenters. The number of rotatable bonds is 6. The molecule has 0 spiro atoms. The molecule has 2 rings (SSSR count). The summed E-state index contributed by atoms with van der Waals surface area (Å²) in [5.74, 6) is 1.28. The van der Waals surface area contributed by atoms with Crippen LogP contribution < -0.4 is 9.47 Å². The molecule has 4 nitrogen and oxygen atoms in total. The van der Waals surface area contributed by atoms with Crippen LogP contribution in [0.1, 0.15) is 16.7 Å². The van der Waals surface area contributed by atoms with Crippen molar-refractivity contribution in [3.05, 3.63) is 58.1 Å². The summed E-state index contributed by atoms with van der Waals surface area (Å²) in [5, 5.41) is 0.609. The maximum atomic E-state index is 12.3. The van der Waals surface area contributed by atoms with Gasteiger partial charge in [0.1, 0.15) is 11.5 Å². The van der Waals surface area contributed by atoms with Gasteiger partial charge in [-0.05, 0) is 55.3 Å². The quantitative estimate of drug-likeness (QED) is 0.792. The van der Waals surface area contributed by atoms with Gasteiger partial charge in [0, 0.05) is 24.2 Å². The largest absolute Gasteiger partial charge is 0.496 e. The molecule has 0 radical (unpaired) electrons. The van der Waals surface area contributed by atoms with Gasteiger partial charge in [0.05, 0.1) is 7.11 Å². The molecule has 0 aliphatic carbocycles. The first-order chi connectivity index (χ1) is 11.4. The Balaban J connectivity index is 1.97. The Hall–Kier alpha value is -2.20. The van der Waals surface area contributed by atoms with Crippen LogP contribution in [0.5, 0.6) is 11.5 Å². The molecule has 0 saturated carbocycles. The maximum Gasteiger partial charge on any atom is 0.260 e. The molecule has 0 saturated heterocycles. The van der Waals surface area contributed by atoms with Gasteiger partial charge in [-0.2, -0.15) is 0 Å². The summed E-state index contributed by atoms with van der Waals surface area (Å²) in [6.45, 7) is 4.44. The van der Waals surface area contributed by atoms with E-state index in [0.717, 1.165) is 11.1 Å². The zero-order valence-electron chi connectivity index (χ0n) is 14.4. The fourth-order valence-electron chi connectivity index (χ4n) is 2.27. The van der Waals surface area contributed by atoms with E-state index in [4.69, 9.17) is 21.1 Å². The lowest BCUT2D eigenvalue weighted by Gasteiger charge is -2.19. The third-order valence-corrected chi connectivity index (χ3v) is 4.15. The molecule has 24 heavy (non-hydrogen) atoms. The van der Waals surface area contributed by atoms with Crippen LogP contribution in [0.2, 0.25) is 5.02 Å². The van der Waals surface area contributed by atoms with E-state index in [2.05, 4.69) is 0 Å². The van der Waals surface area contributed by atoms with Gasteiger partial charge in [-0.25, -0.2) is 0 Å². The Morgan fingerprint density at radius 2 is 1.88 bits per heavy atom. The van der Waals surface area contributed by atoms with E-state index in [9.17, 15) is 4.79 Å². The number of amides is 1. The van der Waals surface area contributed by atoms with Crippen molar-refractivity contribution in [2.24, 2.45) is 0 Å². The summed E-state index contributed by atoms with van der Waals surface area (Å²) in [5.41, 5.74) is 3.18. The van der Waals surface area contributed by atoms with Gasteiger partial charge in [-0.15, -0.1) is 0 Å². The van der Waals surface area contributed by atoms with Gasteiger partial charge in [-0.3, -0.25) is 4.79 Å². The number of halogens is 1. The minimum Gasteiger partial charge on any atom is -0.496 e. The Kier molecular flexibility index (Phi) is 6.10. The number of methoxy groups -OCH3 is 1. The van der Waals surface area contributed by atoms with Gasteiger partial charge in [0.25, 0.3) is 5.91 Å². The summed E-state index contributed by atoms with van der Waals surface area (Å²) in [6.07, 6.45) is 0. The number of nitrogens with zero attached hydrogens (tertiary/aromatic N) is 1. The smallest absolute Gasteiger partial charge is 0.260 e. The van der Waals surface area contributed by atoms with E-state index >= 15 is 0 Å². The van der Waals surface area contributed by atoms with Crippen LogP contribution in [0.15, 0.2) is 36.4 Å². The van der Waals surface area contributed by atoms with Crippen LogP contribution in [0.3, 0.4) is 0 Å². The average Bonchev–Trinajstić information content (AvgIpc) is 2.55. The topological polar surface area (TPSA) is 38.8 Å². The van der Waals surface area contributed by atoms with Crippen molar-refractivity contribution < 1.29 is 14.3 Å². The van der Waals surface area contributed by atoms with Gasteiger partial charge >= 0.3 is 0 Å². The molecule has 0 heterocycles. The number of benzene rings is 2. The fraction of sp³-hybridized carbons (Fsp3) is 0.316. The highest BCUT2D eigenvalue weighted by molar-refractivity contribution is 6.30. The fourth-order valence-corrected chi connectivity index (χ4v) is 2.47. The van der Waals surface area contributed by atoms with E-state index in [1.54, 1.807) is 37.3 Å². The van der Waals surface area contributed by atoms with Crippen LogP contribution in [0, 0.1) is 13.8 Å². The molecule has 5 heteroatoms. The van der Waals surface area contributed by atoms with Crippen molar-refractivity contribution in [2.75, 3.05) is 20.8 Å². The molecule has 128 valence electrons. The Labute approximate surface area is 147 Å². The normalized spacial score (nSPS) is 10.4. The summed E-state index contributed by atoms with van der Waals surface area (Å²) in [7, 11) is 3.32. The van der Waals surface area contributed by atoms with Crippen molar-refractivity contribution >= 4 is 17.5 Å². The highest BCUT2D eigenvalue weighted by atomic mass is 35.5. The van der Waals surface area contributed by atoms with Crippen molar-refractivity contribution in [1.29, 1.82) is 0 Å². The molecular weight excluding hydrogens is 326 g/mol. The van der Waals surface area contributed by atoms with Crippen LogP contribution in [-0.4, -0.2) is 31.6 Å². The van der Waals surface area contributed by atoms with Crippen molar-refractivity contribution in [3.8, 4) is 11.5 Å². The molecule has 0 N–H and O–H groups in total. The van der Waals surface area contributed by atoms with Crippen LogP contribution in [0.4, 0.5) is 0 Å². The molecule has 0 bridgehead atoms. The molecular formula is C19H22ClNO3. The lowest BCUT2D eigenvalue weighted by atomic mass is 10.1. The number of hydrogen-bond acceptors (Lipinski definition) is 3. The first kappa shape index (κ1) is 18.1. The minimum absolute atomic E-state index is 0.0120. The maximum absolute atomic E-state index is 12.3. The number of carbonyl (C=O) groups is 1. The van der Waals surface area contributed by atoms with Gasteiger partial charge < -0.3 is 14.4 Å². The standard InChI is InChI=1S/C19H22ClNO3/c1-13-5-7-17(9-14(13)2)24-12-19(22)21(3)11-15-10-16(20)6-8-18(15)23-4/h5-10H,11-12H2,1-4H3. The van der Waals surface area contributed by atoms with E-state index < -0.39 is 0 Å². The summed E-state index contributed by atoms with van der Waals surface area (Å²) >= 11 is 6.02. The Bertz CT molecular complexity index is 731. The minimum atomic E-state index is -0.116. The molecule has 0 aromatic heterocycles. The zero-order chi connectivity index (χ0) is 17.7. The predicted molar refractivity (Wildman–Crippen MR) is 95.9 cm³/mol. The Morgan fingerprint density at radius 1 is 1.12 bits per heavy atom. The van der Waals surface area contributed by atoms with Gasteiger partial charge in [0.15, 0.2) is 6.61 Å². The van der Waals surface area contributed by atoms with E-state index in [-0.39, 0.29) is 12.5 Å². The highest BCUT2D eigenvalue weighted by Gasteiger charge is 2.13. The van der Waals surface area contributed by atoms with E-state index in [1.165, 1.54) is 5.56 Å². The number of aryl methyl sites for hydroxylation is 2. The number of carbonyl (C=O) groups excluding carboxylic acids is 1. The molecule has 1 amide bonds. The number of ether oxygens (including phenoxy) is 2. The number of hydrogen-bond donors (Lipinski definition) is 0. The first-order valence-corrected chi connectivity index (χ1v) is 8.05. The third-order valence-electron chi connectivity index (χ3n) is 3.92. The third kappa shape index (κ3) is 4.65. The van der Waals surface area contributed by atoms with Gasteiger partial charge in [-0.1, -0.05) is 17.7 Å². The zero-order valence-corrected chi connectivity index (χ0v) is 15.2.